The zero-order valence-corrected chi connectivity index (χ0v) is 14.0. The zero-order valence-electron chi connectivity index (χ0n) is 13.1. The van der Waals surface area contributed by atoms with E-state index in [2.05, 4.69) is 53.1 Å². The first kappa shape index (κ1) is 16.9. The molecule has 1 aromatic heterocycles. The molecule has 0 unspecified atom stereocenters. The Morgan fingerprint density at radius 3 is 2.45 bits per heavy atom. The van der Waals surface area contributed by atoms with Gasteiger partial charge in [0.2, 0.25) is 0 Å². The van der Waals surface area contributed by atoms with Crippen molar-refractivity contribution in [1.29, 1.82) is 0 Å². The van der Waals surface area contributed by atoms with Crippen LogP contribution < -0.4 is 5.73 Å². The van der Waals surface area contributed by atoms with Gasteiger partial charge in [0.25, 0.3) is 0 Å². The third kappa shape index (κ3) is 4.53. The largest absolute Gasteiger partial charge is 0.324 e. The minimum Gasteiger partial charge on any atom is -0.324 e. The first-order valence-electron chi connectivity index (χ1n) is 7.48. The third-order valence-corrected chi connectivity index (χ3v) is 3.68. The maximum atomic E-state index is 6.18. The maximum absolute atomic E-state index is 6.18. The average Bonchev–Trinajstić information content (AvgIpc) is 3.13. The van der Waals surface area contributed by atoms with E-state index in [9.17, 15) is 0 Å². The zero-order chi connectivity index (χ0) is 14.9. The first-order valence-corrected chi connectivity index (χ1v) is 7.48. The Kier molecular flexibility index (Phi) is 5.21. The molecule has 120 valence electrons. The van der Waals surface area contributed by atoms with Gasteiger partial charge >= 0.3 is 0 Å². The quantitative estimate of drug-likeness (QED) is 0.887. The minimum atomic E-state index is -0.150. The van der Waals surface area contributed by atoms with Crippen LogP contribution in [0, 0.1) is 0 Å². The Morgan fingerprint density at radius 1 is 1.27 bits per heavy atom. The summed E-state index contributed by atoms with van der Waals surface area (Å²) in [4.78, 5) is 6.48. The number of hydrogen-bond acceptors (Lipinski definition) is 4. The minimum absolute atomic E-state index is 0. The summed E-state index contributed by atoms with van der Waals surface area (Å²) < 4.78 is 1.77. The molecule has 0 amide bonds. The van der Waals surface area contributed by atoms with Crippen molar-refractivity contribution in [2.45, 2.75) is 44.8 Å². The molecule has 22 heavy (non-hydrogen) atoms. The summed E-state index contributed by atoms with van der Waals surface area (Å²) in [6.45, 7) is 6.08. The molecule has 0 radical (unpaired) electrons. The Bertz CT molecular complexity index is 570. The Balaban J connectivity index is 0.00000176. The SMILES string of the molecule is CC(C)(N)CN(Cc1ccc(-n2cncn2)cc1)C1CC1.Cl. The maximum Gasteiger partial charge on any atom is 0.138 e. The molecule has 2 aromatic rings. The monoisotopic (exact) mass is 321 g/mol. The van der Waals surface area contributed by atoms with Crippen molar-refractivity contribution in [2.75, 3.05) is 6.54 Å². The van der Waals surface area contributed by atoms with Crippen molar-refractivity contribution < 1.29 is 0 Å². The van der Waals surface area contributed by atoms with Crippen LogP contribution in [0.5, 0.6) is 0 Å². The second kappa shape index (κ2) is 6.77. The van der Waals surface area contributed by atoms with Gasteiger partial charge in [0.1, 0.15) is 12.7 Å². The molecule has 0 saturated heterocycles. The fourth-order valence-electron chi connectivity index (χ4n) is 2.61. The van der Waals surface area contributed by atoms with Gasteiger partial charge in [0, 0.05) is 24.7 Å². The standard InChI is InChI=1S/C16H23N5.ClH/c1-16(2,17)10-20(14-7-8-14)9-13-3-5-15(6-4-13)21-12-18-11-19-21;/h3-6,11-12,14H,7-10,17H2,1-2H3;1H. The topological polar surface area (TPSA) is 60.0 Å². The molecule has 1 aromatic carbocycles. The number of benzene rings is 1. The number of rotatable bonds is 6. The third-order valence-electron chi connectivity index (χ3n) is 3.68. The van der Waals surface area contributed by atoms with Crippen LogP contribution in [0.15, 0.2) is 36.9 Å². The highest BCUT2D eigenvalue weighted by Gasteiger charge is 2.31. The van der Waals surface area contributed by atoms with Crippen LogP contribution in [0.4, 0.5) is 0 Å². The predicted octanol–water partition coefficient (Wildman–Crippen LogP) is 2.39. The van der Waals surface area contributed by atoms with E-state index in [1.54, 1.807) is 17.3 Å². The molecule has 1 fully saturated rings. The highest BCUT2D eigenvalue weighted by atomic mass is 35.5. The highest BCUT2D eigenvalue weighted by molar-refractivity contribution is 5.85. The molecule has 0 bridgehead atoms. The lowest BCUT2D eigenvalue weighted by Crippen LogP contribution is -2.45. The summed E-state index contributed by atoms with van der Waals surface area (Å²) in [5, 5.41) is 4.14. The van der Waals surface area contributed by atoms with E-state index >= 15 is 0 Å². The van der Waals surface area contributed by atoms with E-state index < -0.39 is 0 Å². The van der Waals surface area contributed by atoms with Crippen molar-refractivity contribution in [3.63, 3.8) is 0 Å². The Morgan fingerprint density at radius 2 is 1.95 bits per heavy atom. The van der Waals surface area contributed by atoms with E-state index in [1.165, 1.54) is 18.4 Å². The number of aromatic nitrogens is 3. The van der Waals surface area contributed by atoms with E-state index in [1.807, 2.05) is 0 Å². The predicted molar refractivity (Wildman–Crippen MR) is 90.3 cm³/mol. The molecule has 3 rings (SSSR count). The number of halogens is 1. The van der Waals surface area contributed by atoms with Crippen LogP contribution >= 0.6 is 12.4 Å². The van der Waals surface area contributed by atoms with Crippen LogP contribution in [-0.4, -0.2) is 37.8 Å². The summed E-state index contributed by atoms with van der Waals surface area (Å²) >= 11 is 0. The first-order chi connectivity index (χ1) is 10.0. The second-order valence-corrected chi connectivity index (χ2v) is 6.63. The van der Waals surface area contributed by atoms with Gasteiger partial charge in [-0.15, -0.1) is 12.4 Å². The van der Waals surface area contributed by atoms with Gasteiger partial charge in [-0.1, -0.05) is 12.1 Å². The van der Waals surface area contributed by atoms with Crippen molar-refractivity contribution in [2.24, 2.45) is 5.73 Å². The van der Waals surface area contributed by atoms with Gasteiger partial charge in [-0.2, -0.15) is 5.10 Å². The van der Waals surface area contributed by atoms with Crippen molar-refractivity contribution >= 4 is 12.4 Å². The number of nitrogens with zero attached hydrogens (tertiary/aromatic N) is 4. The lowest BCUT2D eigenvalue weighted by Gasteiger charge is -2.30. The molecular formula is C16H24ClN5. The molecule has 1 heterocycles. The van der Waals surface area contributed by atoms with E-state index in [0.29, 0.717) is 6.04 Å². The average molecular weight is 322 g/mol. The molecule has 0 spiro atoms. The van der Waals surface area contributed by atoms with Crippen LogP contribution in [0.25, 0.3) is 5.69 Å². The molecule has 0 atom stereocenters. The van der Waals surface area contributed by atoms with Gasteiger partial charge in [-0.05, 0) is 44.4 Å². The van der Waals surface area contributed by atoms with Gasteiger partial charge < -0.3 is 5.73 Å². The summed E-state index contributed by atoms with van der Waals surface area (Å²) in [7, 11) is 0. The fraction of sp³-hybridized carbons (Fsp3) is 0.500. The Hall–Kier alpha value is -1.43. The number of hydrogen-bond donors (Lipinski definition) is 1. The molecule has 1 aliphatic rings. The number of nitrogens with two attached hydrogens (primary N) is 1. The fourth-order valence-corrected chi connectivity index (χ4v) is 2.61. The molecule has 6 heteroatoms. The molecule has 1 saturated carbocycles. The van der Waals surface area contributed by atoms with Crippen LogP contribution in [0.3, 0.4) is 0 Å². The summed E-state index contributed by atoms with van der Waals surface area (Å²) in [5.41, 5.74) is 8.38. The van der Waals surface area contributed by atoms with Crippen LogP contribution in [0.2, 0.25) is 0 Å². The lowest BCUT2D eigenvalue weighted by molar-refractivity contribution is 0.208. The van der Waals surface area contributed by atoms with Crippen molar-refractivity contribution in [3.05, 3.63) is 42.5 Å². The molecule has 1 aliphatic carbocycles. The van der Waals surface area contributed by atoms with Crippen molar-refractivity contribution in [1.82, 2.24) is 19.7 Å². The molecular weight excluding hydrogens is 298 g/mol. The second-order valence-electron chi connectivity index (χ2n) is 6.63. The smallest absolute Gasteiger partial charge is 0.138 e. The van der Waals surface area contributed by atoms with E-state index in [4.69, 9.17) is 5.73 Å². The van der Waals surface area contributed by atoms with Gasteiger partial charge in [-0.25, -0.2) is 9.67 Å². The molecule has 5 nitrogen and oxygen atoms in total. The van der Waals surface area contributed by atoms with Gasteiger partial charge in [0.05, 0.1) is 5.69 Å². The van der Waals surface area contributed by atoms with Gasteiger partial charge in [0.15, 0.2) is 0 Å². The molecule has 2 N–H and O–H groups in total. The van der Waals surface area contributed by atoms with Crippen LogP contribution in [0.1, 0.15) is 32.3 Å². The summed E-state index contributed by atoms with van der Waals surface area (Å²) in [6, 6.07) is 9.21. The van der Waals surface area contributed by atoms with Crippen molar-refractivity contribution in [3.8, 4) is 5.69 Å². The highest BCUT2D eigenvalue weighted by Crippen LogP contribution is 2.29. The van der Waals surface area contributed by atoms with E-state index in [-0.39, 0.29) is 17.9 Å². The van der Waals surface area contributed by atoms with Crippen LogP contribution in [-0.2, 0) is 6.54 Å². The van der Waals surface area contributed by atoms with Gasteiger partial charge in [-0.3, -0.25) is 4.90 Å². The normalized spacial score (nSPS) is 14.9. The summed E-state index contributed by atoms with van der Waals surface area (Å²) in [6.07, 6.45) is 5.86. The Labute approximate surface area is 137 Å². The summed E-state index contributed by atoms with van der Waals surface area (Å²) in [5.74, 6) is 0. The van der Waals surface area contributed by atoms with E-state index in [0.717, 1.165) is 18.8 Å². The lowest BCUT2D eigenvalue weighted by atomic mass is 10.1. The molecule has 0 aliphatic heterocycles.